The van der Waals surface area contributed by atoms with Gasteiger partial charge in [0.1, 0.15) is 11.4 Å². The largest absolute Gasteiger partial charge is 0.495 e. The number of amides is 1. The summed E-state index contributed by atoms with van der Waals surface area (Å²) in [6.45, 7) is 7.64. The second-order valence-electron chi connectivity index (χ2n) is 6.40. The zero-order valence-electron chi connectivity index (χ0n) is 13.7. The summed E-state index contributed by atoms with van der Waals surface area (Å²) in [5.41, 5.74) is 6.91. The molecule has 122 valence electrons. The minimum atomic E-state index is -0.509. The molecule has 0 saturated carbocycles. The number of piperazine rings is 1. The quantitative estimate of drug-likeness (QED) is 0.819. The van der Waals surface area contributed by atoms with Crippen LogP contribution in [0.3, 0.4) is 0 Å². The van der Waals surface area contributed by atoms with E-state index in [1.165, 1.54) is 0 Å². The van der Waals surface area contributed by atoms with E-state index in [0.717, 1.165) is 12.1 Å². The molecule has 0 aromatic heterocycles. The molecule has 0 radical (unpaired) electrons. The molecule has 1 heterocycles. The lowest BCUT2D eigenvalue weighted by Crippen LogP contribution is -2.50. The fourth-order valence-corrected chi connectivity index (χ4v) is 2.48. The summed E-state index contributed by atoms with van der Waals surface area (Å²) in [7, 11) is 1.58. The van der Waals surface area contributed by atoms with Crippen molar-refractivity contribution in [3.05, 3.63) is 23.8 Å². The highest BCUT2D eigenvalue weighted by molar-refractivity contribution is 5.69. The van der Waals surface area contributed by atoms with Gasteiger partial charge in [-0.05, 0) is 38.5 Å². The minimum Gasteiger partial charge on any atom is -0.495 e. The van der Waals surface area contributed by atoms with E-state index in [9.17, 15) is 4.79 Å². The van der Waals surface area contributed by atoms with Crippen LogP contribution in [0.15, 0.2) is 18.2 Å². The lowest BCUT2D eigenvalue weighted by Gasteiger charge is -2.37. The van der Waals surface area contributed by atoms with Crippen molar-refractivity contribution in [1.82, 2.24) is 10.2 Å². The molecule has 3 N–H and O–H groups in total. The smallest absolute Gasteiger partial charge is 0.410 e. The van der Waals surface area contributed by atoms with Gasteiger partial charge >= 0.3 is 6.09 Å². The molecule has 1 aliphatic heterocycles. The molecule has 1 aromatic rings. The normalized spacial score (nSPS) is 18.9. The summed E-state index contributed by atoms with van der Waals surface area (Å²) >= 11 is 0. The van der Waals surface area contributed by atoms with Crippen LogP contribution in [-0.4, -0.2) is 43.3 Å². The Hall–Kier alpha value is -1.95. The van der Waals surface area contributed by atoms with Crippen molar-refractivity contribution in [2.24, 2.45) is 0 Å². The van der Waals surface area contributed by atoms with Gasteiger partial charge in [0.25, 0.3) is 0 Å². The number of nitrogen functional groups attached to an aromatic ring is 1. The number of ether oxygens (including phenoxy) is 2. The van der Waals surface area contributed by atoms with Gasteiger partial charge in [0.05, 0.1) is 18.8 Å². The Balaban J connectivity index is 2.24. The van der Waals surface area contributed by atoms with Crippen LogP contribution in [0.1, 0.15) is 32.4 Å². The Morgan fingerprint density at radius 1 is 1.41 bits per heavy atom. The predicted molar refractivity (Wildman–Crippen MR) is 86.0 cm³/mol. The molecular formula is C16H25N3O3. The summed E-state index contributed by atoms with van der Waals surface area (Å²) in [4.78, 5) is 14.2. The van der Waals surface area contributed by atoms with Crippen molar-refractivity contribution in [3.63, 3.8) is 0 Å². The SMILES string of the molecule is COc1cc(C2CNCCN2C(=O)OC(C)(C)C)ccc1N. The first-order chi connectivity index (χ1) is 10.3. The zero-order chi connectivity index (χ0) is 16.3. The van der Waals surface area contributed by atoms with E-state index in [2.05, 4.69) is 5.32 Å². The van der Waals surface area contributed by atoms with Gasteiger partial charge in [-0.25, -0.2) is 4.79 Å². The third-order valence-electron chi connectivity index (χ3n) is 3.51. The first-order valence-corrected chi connectivity index (χ1v) is 7.45. The summed E-state index contributed by atoms with van der Waals surface area (Å²) < 4.78 is 10.8. The maximum absolute atomic E-state index is 12.4. The van der Waals surface area contributed by atoms with Crippen LogP contribution in [0.25, 0.3) is 0 Å². The summed E-state index contributed by atoms with van der Waals surface area (Å²) in [6, 6.07) is 5.51. The van der Waals surface area contributed by atoms with Gasteiger partial charge in [0.2, 0.25) is 0 Å². The number of benzene rings is 1. The minimum absolute atomic E-state index is 0.0990. The van der Waals surface area contributed by atoms with Crippen LogP contribution in [0.4, 0.5) is 10.5 Å². The van der Waals surface area contributed by atoms with Gasteiger partial charge in [-0.3, -0.25) is 4.90 Å². The van der Waals surface area contributed by atoms with E-state index in [1.54, 1.807) is 18.1 Å². The van der Waals surface area contributed by atoms with Gasteiger partial charge in [-0.15, -0.1) is 0 Å². The van der Waals surface area contributed by atoms with Crippen molar-refractivity contribution in [1.29, 1.82) is 0 Å². The number of nitrogens with two attached hydrogens (primary N) is 1. The molecule has 0 spiro atoms. The van der Waals surface area contributed by atoms with Crippen molar-refractivity contribution >= 4 is 11.8 Å². The van der Waals surface area contributed by atoms with E-state index in [0.29, 0.717) is 24.5 Å². The van der Waals surface area contributed by atoms with Crippen molar-refractivity contribution < 1.29 is 14.3 Å². The second-order valence-corrected chi connectivity index (χ2v) is 6.40. The van der Waals surface area contributed by atoms with Crippen LogP contribution < -0.4 is 15.8 Å². The first kappa shape index (κ1) is 16.4. The molecule has 6 heteroatoms. The Labute approximate surface area is 131 Å². The molecule has 0 aliphatic carbocycles. The molecule has 1 atom stereocenters. The number of methoxy groups -OCH3 is 1. The van der Waals surface area contributed by atoms with Crippen molar-refractivity contribution in [2.45, 2.75) is 32.4 Å². The van der Waals surface area contributed by atoms with Gasteiger partial charge in [-0.1, -0.05) is 6.07 Å². The highest BCUT2D eigenvalue weighted by atomic mass is 16.6. The Bertz CT molecular complexity index is 540. The molecule has 1 amide bonds. The molecule has 1 aliphatic rings. The van der Waals surface area contributed by atoms with E-state index in [-0.39, 0.29) is 12.1 Å². The van der Waals surface area contributed by atoms with E-state index in [1.807, 2.05) is 32.9 Å². The van der Waals surface area contributed by atoms with Crippen molar-refractivity contribution in [2.75, 3.05) is 32.5 Å². The first-order valence-electron chi connectivity index (χ1n) is 7.45. The van der Waals surface area contributed by atoms with Crippen LogP contribution in [0.2, 0.25) is 0 Å². The molecule has 1 saturated heterocycles. The average molecular weight is 307 g/mol. The number of hydrogen-bond acceptors (Lipinski definition) is 5. The Kier molecular flexibility index (Phi) is 4.81. The molecule has 1 fully saturated rings. The van der Waals surface area contributed by atoms with E-state index >= 15 is 0 Å². The number of nitrogens with one attached hydrogen (secondary N) is 1. The van der Waals surface area contributed by atoms with Gasteiger partial charge in [0.15, 0.2) is 0 Å². The summed E-state index contributed by atoms with van der Waals surface area (Å²) in [6.07, 6.45) is -0.296. The van der Waals surface area contributed by atoms with Crippen LogP contribution >= 0.6 is 0 Å². The standard InChI is InChI=1S/C16H25N3O3/c1-16(2,3)22-15(20)19-8-7-18-10-13(19)11-5-6-12(17)14(9-11)21-4/h5-6,9,13,18H,7-8,10,17H2,1-4H3. The number of nitrogens with zero attached hydrogens (tertiary/aromatic N) is 1. The molecule has 2 rings (SSSR count). The second kappa shape index (κ2) is 6.44. The summed E-state index contributed by atoms with van der Waals surface area (Å²) in [5.74, 6) is 0.618. The number of anilines is 1. The lowest BCUT2D eigenvalue weighted by atomic mass is 10.0. The fourth-order valence-electron chi connectivity index (χ4n) is 2.48. The molecule has 1 unspecified atom stereocenters. The van der Waals surface area contributed by atoms with Gasteiger partial charge in [0, 0.05) is 19.6 Å². The number of hydrogen-bond donors (Lipinski definition) is 2. The molecule has 1 aromatic carbocycles. The monoisotopic (exact) mass is 307 g/mol. The zero-order valence-corrected chi connectivity index (χ0v) is 13.7. The van der Waals surface area contributed by atoms with E-state index < -0.39 is 5.60 Å². The van der Waals surface area contributed by atoms with E-state index in [4.69, 9.17) is 15.2 Å². The Morgan fingerprint density at radius 2 is 2.14 bits per heavy atom. The maximum Gasteiger partial charge on any atom is 0.410 e. The number of carbonyl (C=O) groups excluding carboxylic acids is 1. The molecule has 6 nitrogen and oxygen atoms in total. The third-order valence-corrected chi connectivity index (χ3v) is 3.51. The lowest BCUT2D eigenvalue weighted by molar-refractivity contribution is 0.0118. The van der Waals surface area contributed by atoms with Crippen molar-refractivity contribution in [3.8, 4) is 5.75 Å². The van der Waals surface area contributed by atoms with Gasteiger partial charge in [-0.2, -0.15) is 0 Å². The average Bonchev–Trinajstić information content (AvgIpc) is 2.46. The number of rotatable bonds is 2. The van der Waals surface area contributed by atoms with Gasteiger partial charge < -0.3 is 20.5 Å². The highest BCUT2D eigenvalue weighted by Crippen LogP contribution is 2.30. The fraction of sp³-hybridized carbons (Fsp3) is 0.562. The molecular weight excluding hydrogens is 282 g/mol. The molecule has 0 bridgehead atoms. The van der Waals surface area contributed by atoms with Crippen LogP contribution in [0.5, 0.6) is 5.75 Å². The predicted octanol–water partition coefficient (Wildman–Crippen LogP) is 2.16. The Morgan fingerprint density at radius 3 is 2.77 bits per heavy atom. The third kappa shape index (κ3) is 3.82. The number of carbonyl (C=O) groups is 1. The highest BCUT2D eigenvalue weighted by Gasteiger charge is 2.31. The molecule has 22 heavy (non-hydrogen) atoms. The summed E-state index contributed by atoms with van der Waals surface area (Å²) in [5, 5.41) is 3.31. The van der Waals surface area contributed by atoms with Crippen LogP contribution in [-0.2, 0) is 4.74 Å². The maximum atomic E-state index is 12.4. The van der Waals surface area contributed by atoms with Crippen LogP contribution in [0, 0.1) is 0 Å². The topological polar surface area (TPSA) is 76.8 Å².